The summed E-state index contributed by atoms with van der Waals surface area (Å²) in [5.41, 5.74) is 0. The van der Waals surface area contributed by atoms with Crippen molar-refractivity contribution in [2.45, 2.75) is 8.69 Å². The molecule has 0 spiro atoms. The van der Waals surface area contributed by atoms with E-state index in [2.05, 4.69) is 10.0 Å². The lowest BCUT2D eigenvalue weighted by Gasteiger charge is -2.11. The Kier molecular flexibility index (Phi) is 5.88. The van der Waals surface area contributed by atoms with Gasteiger partial charge in [-0.05, 0) is 12.1 Å². The highest BCUT2D eigenvalue weighted by Gasteiger charge is 2.30. The first-order valence-electron chi connectivity index (χ1n) is 5.13. The summed E-state index contributed by atoms with van der Waals surface area (Å²) in [6.07, 6.45) is 0. The molecule has 1 amide bonds. The molecule has 9 heteroatoms. The maximum absolute atomic E-state index is 11.8. The van der Waals surface area contributed by atoms with Crippen molar-refractivity contribution in [1.29, 1.82) is 0 Å². The minimum Gasteiger partial charge on any atom is -0.351 e. The van der Waals surface area contributed by atoms with Gasteiger partial charge in [-0.1, -0.05) is 53.0 Å². The SMILES string of the molecule is O=C(NCCNS(=O)(=O)c1ccccc1)C(Cl)(Cl)Cl. The molecule has 1 aromatic carbocycles. The number of hydrogen-bond donors (Lipinski definition) is 2. The fourth-order valence-corrected chi connectivity index (χ4v) is 2.40. The number of sulfonamides is 1. The molecule has 0 aliphatic carbocycles. The van der Waals surface area contributed by atoms with E-state index in [0.717, 1.165) is 0 Å². The van der Waals surface area contributed by atoms with E-state index in [1.807, 2.05) is 0 Å². The first-order chi connectivity index (χ1) is 8.73. The number of alkyl halides is 3. The van der Waals surface area contributed by atoms with Crippen LogP contribution in [0.3, 0.4) is 0 Å². The number of halogens is 3. The van der Waals surface area contributed by atoms with Crippen molar-refractivity contribution in [3.8, 4) is 0 Å². The summed E-state index contributed by atoms with van der Waals surface area (Å²) in [6, 6.07) is 7.85. The van der Waals surface area contributed by atoms with E-state index in [-0.39, 0.29) is 18.0 Å². The van der Waals surface area contributed by atoms with E-state index in [1.54, 1.807) is 18.2 Å². The fraction of sp³-hybridized carbons (Fsp3) is 0.300. The molecule has 2 N–H and O–H groups in total. The highest BCUT2D eigenvalue weighted by atomic mass is 35.6. The van der Waals surface area contributed by atoms with Gasteiger partial charge >= 0.3 is 0 Å². The Morgan fingerprint density at radius 1 is 1.11 bits per heavy atom. The molecule has 0 aliphatic heterocycles. The average Bonchev–Trinajstić information content (AvgIpc) is 2.34. The number of carbonyl (C=O) groups is 1. The number of nitrogens with one attached hydrogen (secondary N) is 2. The Balaban J connectivity index is 2.44. The number of benzene rings is 1. The standard InChI is InChI=1S/C10H11Cl3N2O3S/c11-10(12,13)9(16)14-6-7-15-19(17,18)8-4-2-1-3-5-8/h1-5,15H,6-7H2,(H,14,16). The first kappa shape index (κ1) is 16.5. The second-order valence-electron chi connectivity index (χ2n) is 3.46. The number of carbonyl (C=O) groups excluding carboxylic acids is 1. The van der Waals surface area contributed by atoms with Gasteiger partial charge in [0.2, 0.25) is 10.0 Å². The van der Waals surface area contributed by atoms with Gasteiger partial charge in [0.05, 0.1) is 4.90 Å². The molecular weight excluding hydrogens is 335 g/mol. The monoisotopic (exact) mass is 344 g/mol. The molecule has 0 saturated heterocycles. The lowest BCUT2D eigenvalue weighted by Crippen LogP contribution is -2.39. The summed E-state index contributed by atoms with van der Waals surface area (Å²) in [7, 11) is -3.59. The van der Waals surface area contributed by atoms with E-state index in [1.165, 1.54) is 12.1 Å². The molecule has 0 fully saturated rings. The van der Waals surface area contributed by atoms with Crippen molar-refractivity contribution in [2.24, 2.45) is 0 Å². The normalized spacial score (nSPS) is 12.2. The smallest absolute Gasteiger partial charge is 0.272 e. The van der Waals surface area contributed by atoms with Gasteiger partial charge in [-0.2, -0.15) is 0 Å². The van der Waals surface area contributed by atoms with Crippen LogP contribution in [0.2, 0.25) is 0 Å². The Labute approximate surface area is 126 Å². The van der Waals surface area contributed by atoms with Gasteiger partial charge in [-0.25, -0.2) is 13.1 Å². The average molecular weight is 346 g/mol. The molecule has 0 aliphatic rings. The Hall–Kier alpha value is -0.530. The summed E-state index contributed by atoms with van der Waals surface area (Å²) in [5.74, 6) is -0.809. The Morgan fingerprint density at radius 2 is 1.68 bits per heavy atom. The van der Waals surface area contributed by atoms with E-state index in [0.29, 0.717) is 0 Å². The van der Waals surface area contributed by atoms with Crippen molar-refractivity contribution in [3.05, 3.63) is 30.3 Å². The second-order valence-corrected chi connectivity index (χ2v) is 7.51. The van der Waals surface area contributed by atoms with E-state index < -0.39 is 19.7 Å². The van der Waals surface area contributed by atoms with Gasteiger partial charge in [0.1, 0.15) is 0 Å². The van der Waals surface area contributed by atoms with Gasteiger partial charge in [0.25, 0.3) is 9.70 Å². The van der Waals surface area contributed by atoms with Crippen LogP contribution in [0.4, 0.5) is 0 Å². The lowest BCUT2D eigenvalue weighted by molar-refractivity contribution is -0.120. The third-order valence-electron chi connectivity index (χ3n) is 2.01. The molecule has 106 valence electrons. The topological polar surface area (TPSA) is 75.3 Å². The van der Waals surface area contributed by atoms with E-state index in [4.69, 9.17) is 34.8 Å². The molecule has 0 aromatic heterocycles. The summed E-state index contributed by atoms with van der Waals surface area (Å²) in [6.45, 7) is 0.00250. The van der Waals surface area contributed by atoms with Crippen LogP contribution in [0.25, 0.3) is 0 Å². The van der Waals surface area contributed by atoms with Crippen LogP contribution in [-0.4, -0.2) is 31.2 Å². The molecule has 0 unspecified atom stereocenters. The van der Waals surface area contributed by atoms with Crippen molar-refractivity contribution in [3.63, 3.8) is 0 Å². The molecule has 19 heavy (non-hydrogen) atoms. The van der Waals surface area contributed by atoms with Crippen molar-refractivity contribution >= 4 is 50.7 Å². The van der Waals surface area contributed by atoms with Crippen LogP contribution < -0.4 is 10.0 Å². The maximum atomic E-state index is 11.8. The molecule has 0 atom stereocenters. The maximum Gasteiger partial charge on any atom is 0.272 e. The number of rotatable bonds is 5. The van der Waals surface area contributed by atoms with E-state index in [9.17, 15) is 13.2 Å². The van der Waals surface area contributed by atoms with Crippen LogP contribution in [0.1, 0.15) is 0 Å². The number of hydrogen-bond acceptors (Lipinski definition) is 3. The zero-order valence-electron chi connectivity index (χ0n) is 9.57. The zero-order valence-corrected chi connectivity index (χ0v) is 12.7. The Bertz CT molecular complexity index is 529. The molecule has 1 aromatic rings. The van der Waals surface area contributed by atoms with Crippen LogP contribution in [0.5, 0.6) is 0 Å². The minimum atomic E-state index is -3.59. The van der Waals surface area contributed by atoms with Gasteiger partial charge in [0.15, 0.2) is 0 Å². The number of amides is 1. The Morgan fingerprint density at radius 3 is 2.21 bits per heavy atom. The predicted molar refractivity (Wildman–Crippen MR) is 74.9 cm³/mol. The quantitative estimate of drug-likeness (QED) is 0.626. The highest BCUT2D eigenvalue weighted by molar-refractivity contribution is 7.89. The molecule has 0 heterocycles. The van der Waals surface area contributed by atoms with Gasteiger partial charge in [0, 0.05) is 13.1 Å². The van der Waals surface area contributed by atoms with Crippen LogP contribution in [0, 0.1) is 0 Å². The summed E-state index contributed by atoms with van der Waals surface area (Å²) >= 11 is 16.0. The van der Waals surface area contributed by atoms with Crippen molar-refractivity contribution < 1.29 is 13.2 Å². The minimum absolute atomic E-state index is 0.0102. The summed E-state index contributed by atoms with van der Waals surface area (Å²) < 4.78 is 23.8. The van der Waals surface area contributed by atoms with Crippen molar-refractivity contribution in [2.75, 3.05) is 13.1 Å². The summed E-state index contributed by atoms with van der Waals surface area (Å²) in [4.78, 5) is 11.3. The fourth-order valence-electron chi connectivity index (χ4n) is 1.14. The largest absolute Gasteiger partial charge is 0.351 e. The molecular formula is C10H11Cl3N2O3S. The van der Waals surface area contributed by atoms with Gasteiger partial charge in [-0.15, -0.1) is 0 Å². The van der Waals surface area contributed by atoms with Crippen LogP contribution in [0.15, 0.2) is 35.2 Å². The first-order valence-corrected chi connectivity index (χ1v) is 7.75. The molecule has 5 nitrogen and oxygen atoms in total. The highest BCUT2D eigenvalue weighted by Crippen LogP contribution is 2.25. The van der Waals surface area contributed by atoms with Gasteiger partial charge < -0.3 is 5.32 Å². The predicted octanol–water partition coefficient (Wildman–Crippen LogP) is 1.45. The third-order valence-corrected chi connectivity index (χ3v) is 4.01. The van der Waals surface area contributed by atoms with E-state index >= 15 is 0 Å². The summed E-state index contributed by atoms with van der Waals surface area (Å²) in [5, 5.41) is 2.28. The van der Waals surface area contributed by atoms with Crippen LogP contribution >= 0.6 is 34.8 Å². The molecule has 0 radical (unpaired) electrons. The third kappa shape index (κ3) is 5.54. The molecule has 0 saturated carbocycles. The second kappa shape index (κ2) is 6.76. The zero-order chi connectivity index (χ0) is 14.5. The van der Waals surface area contributed by atoms with Crippen LogP contribution in [-0.2, 0) is 14.8 Å². The van der Waals surface area contributed by atoms with Gasteiger partial charge in [-0.3, -0.25) is 4.79 Å². The molecule has 0 bridgehead atoms. The lowest BCUT2D eigenvalue weighted by atomic mass is 10.4. The molecule has 1 rings (SSSR count). The van der Waals surface area contributed by atoms with Crippen molar-refractivity contribution in [1.82, 2.24) is 10.0 Å².